The topological polar surface area (TPSA) is 86.8 Å². The molecule has 0 fully saturated rings. The molecule has 1 aromatic heterocycles. The number of carbonyl (C=O) groups is 2. The Balaban J connectivity index is 1.75. The van der Waals surface area contributed by atoms with Gasteiger partial charge in [0.05, 0.1) is 20.3 Å². The van der Waals surface area contributed by atoms with E-state index in [0.717, 1.165) is 18.4 Å². The van der Waals surface area contributed by atoms with Crippen molar-refractivity contribution in [3.8, 4) is 17.4 Å². The lowest BCUT2D eigenvalue weighted by molar-refractivity contribution is -0.121. The number of Topliss-reactive ketones (excluding diaryl/α,β-unsaturated/α-hetero) is 1. The van der Waals surface area contributed by atoms with Gasteiger partial charge in [-0.1, -0.05) is 19.4 Å². The Morgan fingerprint density at radius 2 is 1.87 bits per heavy atom. The number of ether oxygens (including phenoxy) is 3. The van der Waals surface area contributed by atoms with Crippen LogP contribution in [0.5, 0.6) is 17.4 Å². The molecule has 0 saturated carbocycles. The number of ketones is 1. The van der Waals surface area contributed by atoms with E-state index in [1.165, 1.54) is 14.0 Å². The first-order valence-corrected chi connectivity index (χ1v) is 10.2. The molecule has 1 amide bonds. The van der Waals surface area contributed by atoms with Crippen LogP contribution in [0.3, 0.4) is 0 Å². The van der Waals surface area contributed by atoms with Gasteiger partial charge >= 0.3 is 0 Å². The van der Waals surface area contributed by atoms with Crippen molar-refractivity contribution >= 4 is 11.7 Å². The van der Waals surface area contributed by atoms with E-state index in [4.69, 9.17) is 14.2 Å². The molecule has 2 aromatic rings. The second-order valence-corrected chi connectivity index (χ2v) is 6.82. The van der Waals surface area contributed by atoms with E-state index in [2.05, 4.69) is 17.2 Å². The van der Waals surface area contributed by atoms with Crippen LogP contribution >= 0.6 is 0 Å². The molecule has 1 N–H and O–H groups in total. The van der Waals surface area contributed by atoms with Gasteiger partial charge in [-0.15, -0.1) is 0 Å². The molecule has 0 aliphatic rings. The number of benzene rings is 1. The number of unbranched alkanes of at least 4 members (excludes halogenated alkanes) is 1. The minimum atomic E-state index is -0.0687. The Hall–Kier alpha value is -3.09. The number of aromatic nitrogens is 1. The molecule has 7 heteroatoms. The van der Waals surface area contributed by atoms with Gasteiger partial charge in [0.15, 0.2) is 17.3 Å². The second kappa shape index (κ2) is 12.5. The monoisotopic (exact) mass is 414 g/mol. The number of hydrogen-bond donors (Lipinski definition) is 1. The molecule has 0 aliphatic heterocycles. The minimum Gasteiger partial charge on any atom is -0.493 e. The fourth-order valence-electron chi connectivity index (χ4n) is 2.70. The van der Waals surface area contributed by atoms with Gasteiger partial charge in [-0.3, -0.25) is 9.59 Å². The zero-order valence-corrected chi connectivity index (χ0v) is 17.9. The first-order chi connectivity index (χ1) is 14.5. The van der Waals surface area contributed by atoms with E-state index >= 15 is 0 Å². The molecule has 0 radical (unpaired) electrons. The largest absolute Gasteiger partial charge is 0.493 e. The summed E-state index contributed by atoms with van der Waals surface area (Å²) in [5.74, 6) is 1.51. The van der Waals surface area contributed by atoms with Gasteiger partial charge in [0.2, 0.25) is 11.8 Å². The van der Waals surface area contributed by atoms with Crippen molar-refractivity contribution in [1.82, 2.24) is 10.3 Å². The van der Waals surface area contributed by atoms with Gasteiger partial charge in [-0.25, -0.2) is 4.98 Å². The molecule has 0 saturated heterocycles. The fourth-order valence-corrected chi connectivity index (χ4v) is 2.70. The number of nitrogens with one attached hydrogen (secondary N) is 1. The van der Waals surface area contributed by atoms with E-state index < -0.39 is 0 Å². The molecule has 1 aromatic carbocycles. The maximum atomic E-state index is 12.2. The van der Waals surface area contributed by atoms with Crippen molar-refractivity contribution < 1.29 is 23.8 Å². The highest BCUT2D eigenvalue weighted by molar-refractivity contribution is 5.94. The molecule has 0 spiro atoms. The number of pyridine rings is 1. The Labute approximate surface area is 177 Å². The Bertz CT molecular complexity index is 838. The van der Waals surface area contributed by atoms with Crippen LogP contribution < -0.4 is 19.5 Å². The van der Waals surface area contributed by atoms with Gasteiger partial charge in [-0.2, -0.15) is 0 Å². The zero-order chi connectivity index (χ0) is 21.8. The highest BCUT2D eigenvalue weighted by Crippen LogP contribution is 2.28. The van der Waals surface area contributed by atoms with Crippen molar-refractivity contribution in [2.75, 3.05) is 20.3 Å². The SMILES string of the molecule is CCCCOc1ncccc1CNC(=O)CCCOc1ccc(C(C)=O)cc1OC. The minimum absolute atomic E-state index is 0.0379. The molecular formula is C23H30N2O5. The summed E-state index contributed by atoms with van der Waals surface area (Å²) in [5, 5.41) is 2.89. The van der Waals surface area contributed by atoms with Crippen LogP contribution in [-0.2, 0) is 11.3 Å². The number of methoxy groups -OCH3 is 1. The zero-order valence-electron chi connectivity index (χ0n) is 17.9. The van der Waals surface area contributed by atoms with Gasteiger partial charge in [0.1, 0.15) is 0 Å². The Kier molecular flexibility index (Phi) is 9.64. The number of hydrogen-bond acceptors (Lipinski definition) is 6. The summed E-state index contributed by atoms with van der Waals surface area (Å²) in [6.07, 6.45) is 4.58. The third-order valence-corrected chi connectivity index (χ3v) is 4.44. The van der Waals surface area contributed by atoms with Crippen molar-refractivity contribution in [3.63, 3.8) is 0 Å². The molecule has 0 atom stereocenters. The van der Waals surface area contributed by atoms with Gasteiger partial charge < -0.3 is 19.5 Å². The lowest BCUT2D eigenvalue weighted by Gasteiger charge is -2.12. The molecule has 162 valence electrons. The van der Waals surface area contributed by atoms with Crippen LogP contribution in [0, 0.1) is 0 Å². The molecule has 0 bridgehead atoms. The number of nitrogens with zero attached hydrogens (tertiary/aromatic N) is 1. The molecule has 30 heavy (non-hydrogen) atoms. The van der Waals surface area contributed by atoms with Crippen LogP contribution in [-0.4, -0.2) is 37.0 Å². The first kappa shape index (κ1) is 23.2. The molecule has 1 heterocycles. The van der Waals surface area contributed by atoms with E-state index in [0.29, 0.717) is 55.5 Å². The molecule has 7 nitrogen and oxygen atoms in total. The number of carbonyl (C=O) groups excluding carboxylic acids is 2. The first-order valence-electron chi connectivity index (χ1n) is 10.2. The van der Waals surface area contributed by atoms with E-state index in [1.54, 1.807) is 24.4 Å². The van der Waals surface area contributed by atoms with Crippen molar-refractivity contribution in [2.24, 2.45) is 0 Å². The Morgan fingerprint density at radius 3 is 2.60 bits per heavy atom. The van der Waals surface area contributed by atoms with Crippen LogP contribution in [0.25, 0.3) is 0 Å². The van der Waals surface area contributed by atoms with Crippen LogP contribution in [0.1, 0.15) is 55.5 Å². The van der Waals surface area contributed by atoms with Gasteiger partial charge in [-0.05, 0) is 44.0 Å². The molecular weight excluding hydrogens is 384 g/mol. The summed E-state index contributed by atoms with van der Waals surface area (Å²) in [5.41, 5.74) is 1.42. The highest BCUT2D eigenvalue weighted by Gasteiger charge is 2.10. The quantitative estimate of drug-likeness (QED) is 0.395. The number of rotatable bonds is 13. The smallest absolute Gasteiger partial charge is 0.220 e. The normalized spacial score (nSPS) is 10.4. The lowest BCUT2D eigenvalue weighted by Crippen LogP contribution is -2.23. The summed E-state index contributed by atoms with van der Waals surface area (Å²) in [6, 6.07) is 8.78. The maximum absolute atomic E-state index is 12.2. The predicted octanol–water partition coefficient (Wildman–Crippen LogP) is 3.95. The van der Waals surface area contributed by atoms with Crippen molar-refractivity contribution in [3.05, 3.63) is 47.7 Å². The summed E-state index contributed by atoms with van der Waals surface area (Å²) in [6.45, 7) is 4.95. The fraction of sp³-hybridized carbons (Fsp3) is 0.435. The predicted molar refractivity (Wildman–Crippen MR) is 114 cm³/mol. The Morgan fingerprint density at radius 1 is 1.07 bits per heavy atom. The second-order valence-electron chi connectivity index (χ2n) is 6.82. The van der Waals surface area contributed by atoms with E-state index in [1.807, 2.05) is 12.1 Å². The molecule has 2 rings (SSSR count). The standard InChI is InChI=1S/C23H30N2O5/c1-4-5-13-30-23-19(8-6-12-24-23)16-25-22(27)9-7-14-29-20-11-10-18(17(2)26)15-21(20)28-3/h6,8,10-12,15H,4-5,7,9,13-14,16H2,1-3H3,(H,25,27). The average Bonchev–Trinajstić information content (AvgIpc) is 2.76. The number of amides is 1. The van der Waals surface area contributed by atoms with Gasteiger partial charge in [0, 0.05) is 30.3 Å². The average molecular weight is 415 g/mol. The van der Waals surface area contributed by atoms with Gasteiger partial charge in [0.25, 0.3) is 0 Å². The summed E-state index contributed by atoms with van der Waals surface area (Å²) in [7, 11) is 1.53. The van der Waals surface area contributed by atoms with Crippen LogP contribution in [0.2, 0.25) is 0 Å². The van der Waals surface area contributed by atoms with Crippen LogP contribution in [0.4, 0.5) is 0 Å². The van der Waals surface area contributed by atoms with Crippen molar-refractivity contribution in [1.29, 1.82) is 0 Å². The van der Waals surface area contributed by atoms with E-state index in [-0.39, 0.29) is 11.7 Å². The third kappa shape index (κ3) is 7.39. The highest BCUT2D eigenvalue weighted by atomic mass is 16.5. The summed E-state index contributed by atoms with van der Waals surface area (Å²) in [4.78, 5) is 27.9. The summed E-state index contributed by atoms with van der Waals surface area (Å²) >= 11 is 0. The maximum Gasteiger partial charge on any atom is 0.220 e. The van der Waals surface area contributed by atoms with E-state index in [9.17, 15) is 9.59 Å². The molecule has 0 unspecified atom stereocenters. The van der Waals surface area contributed by atoms with Crippen LogP contribution in [0.15, 0.2) is 36.5 Å². The third-order valence-electron chi connectivity index (χ3n) is 4.44. The van der Waals surface area contributed by atoms with Crippen molar-refractivity contribution in [2.45, 2.75) is 46.1 Å². The molecule has 0 aliphatic carbocycles. The summed E-state index contributed by atoms with van der Waals surface area (Å²) < 4.78 is 16.7. The lowest BCUT2D eigenvalue weighted by atomic mass is 10.1.